The van der Waals surface area contributed by atoms with E-state index in [0.29, 0.717) is 24.9 Å². The Morgan fingerprint density at radius 2 is 1.35 bits per heavy atom. The summed E-state index contributed by atoms with van der Waals surface area (Å²) in [7, 11) is 1.68. The molecule has 1 saturated carbocycles. The molecule has 0 bridgehead atoms. The minimum absolute atomic E-state index is 0.0353. The predicted molar refractivity (Wildman–Crippen MR) is 189 cm³/mol. The second kappa shape index (κ2) is 23.0. The molecule has 1 aliphatic carbocycles. The van der Waals surface area contributed by atoms with E-state index >= 15 is 0 Å². The zero-order valence-corrected chi connectivity index (χ0v) is 30.9. The Bertz CT molecular complexity index is 918. The van der Waals surface area contributed by atoms with Crippen molar-refractivity contribution in [2.45, 2.75) is 157 Å². The zero-order chi connectivity index (χ0) is 34.6. The lowest BCUT2D eigenvalue weighted by Gasteiger charge is -2.31. The van der Waals surface area contributed by atoms with Crippen molar-refractivity contribution in [1.82, 2.24) is 25.3 Å². The van der Waals surface area contributed by atoms with E-state index in [9.17, 15) is 19.2 Å². The number of carbonyl (C=O) groups excluding carboxylic acids is 4. The van der Waals surface area contributed by atoms with Crippen molar-refractivity contribution in [2.24, 2.45) is 11.8 Å². The molecule has 0 aromatic heterocycles. The van der Waals surface area contributed by atoms with Crippen LogP contribution in [0.5, 0.6) is 0 Å². The van der Waals surface area contributed by atoms with Crippen molar-refractivity contribution in [1.29, 1.82) is 0 Å². The van der Waals surface area contributed by atoms with Crippen molar-refractivity contribution < 1.29 is 19.2 Å². The number of hydrogen-bond donors (Lipinski definition) is 2. The second-order valence-electron chi connectivity index (χ2n) is 14.7. The number of nitrogens with zero attached hydrogens (tertiary/aromatic N) is 3. The van der Waals surface area contributed by atoms with Crippen LogP contribution in [-0.2, 0) is 19.2 Å². The van der Waals surface area contributed by atoms with E-state index < -0.39 is 6.04 Å². The summed E-state index contributed by atoms with van der Waals surface area (Å²) in [5, 5.41) is 5.61. The van der Waals surface area contributed by atoms with E-state index in [2.05, 4.69) is 50.2 Å². The van der Waals surface area contributed by atoms with Gasteiger partial charge in [-0.3, -0.25) is 19.2 Å². The Morgan fingerprint density at radius 1 is 0.804 bits per heavy atom. The maximum absolute atomic E-state index is 13.3. The van der Waals surface area contributed by atoms with Gasteiger partial charge in [0, 0.05) is 31.2 Å². The van der Waals surface area contributed by atoms with Gasteiger partial charge in [0.2, 0.25) is 24.1 Å². The molecule has 2 aliphatic heterocycles. The molecule has 9 heteroatoms. The van der Waals surface area contributed by atoms with Gasteiger partial charge in [-0.2, -0.15) is 0 Å². The highest BCUT2D eigenvalue weighted by Gasteiger charge is 2.35. The Labute approximate surface area is 281 Å². The minimum Gasteiger partial charge on any atom is -0.352 e. The van der Waals surface area contributed by atoms with Crippen LogP contribution in [0.4, 0.5) is 0 Å². The molecule has 0 spiro atoms. The normalized spacial score (nSPS) is 20.5. The highest BCUT2D eigenvalue weighted by atomic mass is 16.2. The number of piperidine rings is 1. The molecule has 2 saturated heterocycles. The third-order valence-corrected chi connectivity index (χ3v) is 9.01. The molecular weight excluding hydrogens is 578 g/mol. The Kier molecular flexibility index (Phi) is 20.8. The summed E-state index contributed by atoms with van der Waals surface area (Å²) in [6, 6.07) is 0.252. The summed E-state index contributed by atoms with van der Waals surface area (Å²) in [5.74, 6) is 0.500. The van der Waals surface area contributed by atoms with Crippen LogP contribution in [0.25, 0.3) is 0 Å². The molecular formula is C37H69N5O4. The first-order valence-corrected chi connectivity index (χ1v) is 18.3. The second-order valence-corrected chi connectivity index (χ2v) is 14.7. The van der Waals surface area contributed by atoms with Gasteiger partial charge in [0.05, 0.1) is 12.6 Å². The summed E-state index contributed by atoms with van der Waals surface area (Å²) < 4.78 is 0. The molecule has 3 rings (SSSR count). The van der Waals surface area contributed by atoms with Gasteiger partial charge in [0.1, 0.15) is 6.04 Å². The van der Waals surface area contributed by atoms with Crippen LogP contribution in [0.2, 0.25) is 0 Å². The molecule has 3 aliphatic rings. The van der Waals surface area contributed by atoms with Gasteiger partial charge in [-0.15, -0.1) is 0 Å². The van der Waals surface area contributed by atoms with Crippen LogP contribution in [0, 0.1) is 11.8 Å². The molecule has 3 fully saturated rings. The molecule has 2 N–H and O–H groups in total. The van der Waals surface area contributed by atoms with Crippen molar-refractivity contribution in [2.75, 3.05) is 33.2 Å². The van der Waals surface area contributed by atoms with Gasteiger partial charge < -0.3 is 25.3 Å². The average molecular weight is 648 g/mol. The SMILES string of the molecule is C/C(=C\[C@H](C(C)C)N(C)C(=O)CNC=O)C(=O)N1CCCC1C(=O)NC1CCCCCCC1.CC(C)C.CC(C)N1CCCCC1. The molecule has 9 nitrogen and oxygen atoms in total. The monoisotopic (exact) mass is 648 g/mol. The maximum atomic E-state index is 13.3. The van der Waals surface area contributed by atoms with Gasteiger partial charge in [0.25, 0.3) is 0 Å². The maximum Gasteiger partial charge on any atom is 0.249 e. The third kappa shape index (κ3) is 15.9. The van der Waals surface area contributed by atoms with Crippen LogP contribution in [-0.4, -0.2) is 96.2 Å². The smallest absolute Gasteiger partial charge is 0.249 e. The van der Waals surface area contributed by atoms with E-state index in [0.717, 1.165) is 44.1 Å². The topological polar surface area (TPSA) is 102 Å². The predicted octanol–water partition coefficient (Wildman–Crippen LogP) is 5.92. The number of amides is 4. The Balaban J connectivity index is 0.000000674. The summed E-state index contributed by atoms with van der Waals surface area (Å²) in [6.07, 6.45) is 16.1. The first kappa shape index (κ1) is 41.6. The first-order chi connectivity index (χ1) is 21.8. The first-order valence-electron chi connectivity index (χ1n) is 18.3. The van der Waals surface area contributed by atoms with E-state index in [1.54, 1.807) is 23.8 Å². The van der Waals surface area contributed by atoms with E-state index in [-0.39, 0.29) is 42.3 Å². The average Bonchev–Trinajstić information content (AvgIpc) is 3.49. The standard InChI is InChI=1S/C25H42N4O4.C8H17N.C4H10/c1-18(2)22(28(4)23(31)16-26-17-30)15-19(3)25(33)29-14-10-13-21(29)24(32)27-20-11-8-6-5-7-9-12-20;1-8(2)9-6-4-3-5-7-9;1-4(2)3/h15,17-18,20-22H,5-14,16H2,1-4H3,(H,26,30)(H,27,32);8H,3-7H2,1-2H3;4H,1-3H3/b19-15+;;/t21?,22-;;/m1../s1. The summed E-state index contributed by atoms with van der Waals surface area (Å²) in [5.41, 5.74) is 0.530. The van der Waals surface area contributed by atoms with E-state index in [4.69, 9.17) is 0 Å². The highest BCUT2D eigenvalue weighted by Crippen LogP contribution is 2.23. The Morgan fingerprint density at radius 3 is 1.85 bits per heavy atom. The van der Waals surface area contributed by atoms with Gasteiger partial charge in [-0.1, -0.05) is 79.2 Å². The zero-order valence-electron chi connectivity index (χ0n) is 30.9. The van der Waals surface area contributed by atoms with Crippen LogP contribution in [0.1, 0.15) is 132 Å². The molecule has 2 heterocycles. The Hall–Kier alpha value is -2.42. The number of rotatable bonds is 10. The fraction of sp³-hybridized carbons (Fsp3) is 0.838. The number of hydrogen-bond acceptors (Lipinski definition) is 5. The summed E-state index contributed by atoms with van der Waals surface area (Å²) in [4.78, 5) is 55.0. The fourth-order valence-electron chi connectivity index (χ4n) is 6.34. The van der Waals surface area contributed by atoms with E-state index in [1.165, 1.54) is 51.6 Å². The molecule has 0 aromatic rings. The minimum atomic E-state index is -0.431. The fourth-order valence-corrected chi connectivity index (χ4v) is 6.34. The summed E-state index contributed by atoms with van der Waals surface area (Å²) in [6.45, 7) is 19.9. The number of likely N-dealkylation sites (tertiary alicyclic amines) is 2. The van der Waals surface area contributed by atoms with Gasteiger partial charge >= 0.3 is 0 Å². The molecule has 266 valence electrons. The number of likely N-dealkylation sites (N-methyl/N-ethyl adjacent to an activating group) is 1. The lowest BCUT2D eigenvalue weighted by molar-refractivity contribution is -0.136. The molecule has 4 amide bonds. The highest BCUT2D eigenvalue weighted by molar-refractivity contribution is 5.97. The van der Waals surface area contributed by atoms with Crippen molar-refractivity contribution in [3.05, 3.63) is 11.6 Å². The lowest BCUT2D eigenvalue weighted by atomic mass is 9.96. The molecule has 2 atom stereocenters. The molecule has 0 aromatic carbocycles. The van der Waals surface area contributed by atoms with Crippen LogP contribution in [0.15, 0.2) is 11.6 Å². The van der Waals surface area contributed by atoms with Gasteiger partial charge in [0.15, 0.2) is 0 Å². The largest absolute Gasteiger partial charge is 0.352 e. The molecule has 1 unspecified atom stereocenters. The van der Waals surface area contributed by atoms with Crippen molar-refractivity contribution in [3.63, 3.8) is 0 Å². The quantitative estimate of drug-likeness (QED) is 0.226. The van der Waals surface area contributed by atoms with Gasteiger partial charge in [-0.25, -0.2) is 0 Å². The van der Waals surface area contributed by atoms with Crippen LogP contribution < -0.4 is 10.6 Å². The van der Waals surface area contributed by atoms with Crippen molar-refractivity contribution >= 4 is 24.1 Å². The van der Waals surface area contributed by atoms with Crippen LogP contribution >= 0.6 is 0 Å². The molecule has 0 radical (unpaired) electrons. The van der Waals surface area contributed by atoms with Crippen LogP contribution in [0.3, 0.4) is 0 Å². The van der Waals surface area contributed by atoms with Crippen molar-refractivity contribution in [3.8, 4) is 0 Å². The van der Waals surface area contributed by atoms with E-state index in [1.807, 2.05) is 19.9 Å². The van der Waals surface area contributed by atoms with Gasteiger partial charge in [-0.05, 0) is 84.2 Å². The number of nitrogens with one attached hydrogen (secondary N) is 2. The molecule has 46 heavy (non-hydrogen) atoms. The number of carbonyl (C=O) groups is 4. The lowest BCUT2D eigenvalue weighted by Crippen LogP contribution is -2.49. The third-order valence-electron chi connectivity index (χ3n) is 9.01. The summed E-state index contributed by atoms with van der Waals surface area (Å²) >= 11 is 0.